The van der Waals surface area contributed by atoms with E-state index in [9.17, 15) is 9.59 Å². The quantitative estimate of drug-likeness (QED) is 0.817. The average molecular weight is 362 g/mol. The number of rotatable bonds is 2. The van der Waals surface area contributed by atoms with Crippen molar-refractivity contribution in [2.45, 2.75) is 44.2 Å². The first-order valence-electron chi connectivity index (χ1n) is 9.85. The van der Waals surface area contributed by atoms with Crippen LogP contribution < -0.4 is 0 Å². The standard InChI is InChI=1S/C23H26N2O2/c1-17(26)25-16-20(18-10-4-2-5-11-18)22-21(25)14-8-9-15-24(22)23(27)19-12-6-3-7-13-19/h2-7,10-13,20-22H,8-9,14-16H2,1H3/t20-,21-,22-/m0/s1. The molecule has 140 valence electrons. The van der Waals surface area contributed by atoms with E-state index in [-0.39, 0.29) is 29.8 Å². The number of amides is 2. The Morgan fingerprint density at radius 3 is 2.22 bits per heavy atom. The van der Waals surface area contributed by atoms with Crippen molar-refractivity contribution in [3.63, 3.8) is 0 Å². The summed E-state index contributed by atoms with van der Waals surface area (Å²) in [6.07, 6.45) is 3.00. The van der Waals surface area contributed by atoms with E-state index in [0.29, 0.717) is 6.54 Å². The summed E-state index contributed by atoms with van der Waals surface area (Å²) >= 11 is 0. The van der Waals surface area contributed by atoms with Gasteiger partial charge in [0.1, 0.15) is 0 Å². The summed E-state index contributed by atoms with van der Waals surface area (Å²) in [5, 5.41) is 0. The molecule has 2 saturated heterocycles. The summed E-state index contributed by atoms with van der Waals surface area (Å²) in [6.45, 7) is 3.09. The summed E-state index contributed by atoms with van der Waals surface area (Å²) in [6, 6.07) is 20.0. The lowest BCUT2D eigenvalue weighted by Crippen LogP contribution is -2.49. The van der Waals surface area contributed by atoms with Crippen LogP contribution in [0.3, 0.4) is 0 Å². The van der Waals surface area contributed by atoms with Crippen LogP contribution in [0.15, 0.2) is 60.7 Å². The fourth-order valence-corrected chi connectivity index (χ4v) is 4.79. The molecule has 2 fully saturated rings. The molecule has 2 heterocycles. The number of hydrogen-bond acceptors (Lipinski definition) is 2. The Bertz CT molecular complexity index is 806. The Kier molecular flexibility index (Phi) is 4.97. The van der Waals surface area contributed by atoms with Crippen molar-refractivity contribution in [1.29, 1.82) is 0 Å². The van der Waals surface area contributed by atoms with Gasteiger partial charge in [-0.2, -0.15) is 0 Å². The van der Waals surface area contributed by atoms with Gasteiger partial charge in [0.05, 0.1) is 12.1 Å². The van der Waals surface area contributed by atoms with Gasteiger partial charge in [0.2, 0.25) is 5.91 Å². The van der Waals surface area contributed by atoms with Gasteiger partial charge in [0, 0.05) is 31.5 Å². The van der Waals surface area contributed by atoms with Crippen molar-refractivity contribution < 1.29 is 9.59 Å². The molecule has 0 radical (unpaired) electrons. The molecule has 0 N–H and O–H groups in total. The fourth-order valence-electron chi connectivity index (χ4n) is 4.79. The summed E-state index contributed by atoms with van der Waals surface area (Å²) < 4.78 is 0. The van der Waals surface area contributed by atoms with Crippen LogP contribution in [0.25, 0.3) is 0 Å². The minimum atomic E-state index is 0.0338. The van der Waals surface area contributed by atoms with Crippen LogP contribution in [0.5, 0.6) is 0 Å². The smallest absolute Gasteiger partial charge is 0.254 e. The Morgan fingerprint density at radius 1 is 0.889 bits per heavy atom. The molecule has 2 aromatic carbocycles. The zero-order valence-electron chi connectivity index (χ0n) is 15.8. The van der Waals surface area contributed by atoms with Gasteiger partial charge >= 0.3 is 0 Å². The van der Waals surface area contributed by atoms with Crippen molar-refractivity contribution in [2.24, 2.45) is 0 Å². The van der Waals surface area contributed by atoms with Gasteiger partial charge in [-0.05, 0) is 37.0 Å². The van der Waals surface area contributed by atoms with E-state index >= 15 is 0 Å². The van der Waals surface area contributed by atoms with E-state index < -0.39 is 0 Å². The number of fused-ring (bicyclic) bond motifs is 1. The van der Waals surface area contributed by atoms with Crippen molar-refractivity contribution in [2.75, 3.05) is 13.1 Å². The molecular formula is C23H26N2O2. The lowest BCUT2D eigenvalue weighted by atomic mass is 9.89. The molecule has 0 aliphatic carbocycles. The molecule has 2 amide bonds. The molecule has 3 atom stereocenters. The van der Waals surface area contributed by atoms with Crippen LogP contribution >= 0.6 is 0 Å². The minimum absolute atomic E-state index is 0.0338. The van der Waals surface area contributed by atoms with Crippen LogP contribution in [0.2, 0.25) is 0 Å². The molecule has 2 aromatic rings. The Labute approximate surface area is 160 Å². The molecule has 0 bridgehead atoms. The number of carbonyl (C=O) groups excluding carboxylic acids is 2. The molecule has 0 saturated carbocycles. The highest BCUT2D eigenvalue weighted by molar-refractivity contribution is 5.94. The van der Waals surface area contributed by atoms with Crippen LogP contribution in [0.4, 0.5) is 0 Å². The van der Waals surface area contributed by atoms with Crippen LogP contribution in [0.1, 0.15) is 48.0 Å². The zero-order chi connectivity index (χ0) is 18.8. The second kappa shape index (κ2) is 7.55. The van der Waals surface area contributed by atoms with Gasteiger partial charge in [-0.3, -0.25) is 9.59 Å². The molecule has 2 aliphatic rings. The van der Waals surface area contributed by atoms with Gasteiger partial charge in [0.15, 0.2) is 0 Å². The lowest BCUT2D eigenvalue weighted by molar-refractivity contribution is -0.130. The second-order valence-electron chi connectivity index (χ2n) is 7.61. The summed E-state index contributed by atoms with van der Waals surface area (Å²) in [4.78, 5) is 29.8. The summed E-state index contributed by atoms with van der Waals surface area (Å²) in [5.74, 6) is 0.349. The Hall–Kier alpha value is -2.62. The predicted molar refractivity (Wildman–Crippen MR) is 105 cm³/mol. The lowest BCUT2D eigenvalue weighted by Gasteiger charge is -2.35. The molecule has 4 heteroatoms. The van der Waals surface area contributed by atoms with E-state index in [1.807, 2.05) is 58.3 Å². The van der Waals surface area contributed by atoms with Crippen molar-refractivity contribution in [3.05, 3.63) is 71.8 Å². The molecule has 4 rings (SSSR count). The molecular weight excluding hydrogens is 336 g/mol. The minimum Gasteiger partial charge on any atom is -0.337 e. The summed E-state index contributed by atoms with van der Waals surface area (Å²) in [7, 11) is 0. The maximum atomic E-state index is 13.4. The van der Waals surface area contributed by atoms with E-state index in [0.717, 1.165) is 31.4 Å². The van der Waals surface area contributed by atoms with Gasteiger partial charge in [-0.1, -0.05) is 48.5 Å². The highest BCUT2D eigenvalue weighted by atomic mass is 16.2. The van der Waals surface area contributed by atoms with Crippen LogP contribution in [0, 0.1) is 0 Å². The van der Waals surface area contributed by atoms with Gasteiger partial charge in [0.25, 0.3) is 5.91 Å². The first-order chi connectivity index (χ1) is 13.2. The molecule has 4 nitrogen and oxygen atoms in total. The van der Waals surface area contributed by atoms with E-state index in [1.54, 1.807) is 6.92 Å². The third-order valence-corrected chi connectivity index (χ3v) is 6.02. The number of likely N-dealkylation sites (tertiary alicyclic amines) is 2. The van der Waals surface area contributed by atoms with E-state index in [1.165, 1.54) is 5.56 Å². The zero-order valence-corrected chi connectivity index (χ0v) is 15.8. The SMILES string of the molecule is CC(=O)N1C[C@@H](c2ccccc2)[C@H]2[C@@H]1CCCCN2C(=O)c1ccccc1. The number of benzene rings is 2. The Balaban J connectivity index is 1.75. The highest BCUT2D eigenvalue weighted by Crippen LogP contribution is 2.40. The van der Waals surface area contributed by atoms with Gasteiger partial charge in [-0.15, -0.1) is 0 Å². The van der Waals surface area contributed by atoms with E-state index in [2.05, 4.69) is 12.1 Å². The third-order valence-electron chi connectivity index (χ3n) is 6.02. The first kappa shape index (κ1) is 17.8. The second-order valence-corrected chi connectivity index (χ2v) is 7.61. The van der Waals surface area contributed by atoms with Crippen molar-refractivity contribution >= 4 is 11.8 Å². The molecule has 0 spiro atoms. The number of hydrogen-bond donors (Lipinski definition) is 0. The average Bonchev–Trinajstić information content (AvgIpc) is 2.95. The first-order valence-corrected chi connectivity index (χ1v) is 9.85. The Morgan fingerprint density at radius 2 is 1.56 bits per heavy atom. The van der Waals surface area contributed by atoms with Crippen molar-refractivity contribution in [3.8, 4) is 0 Å². The normalized spacial score (nSPS) is 25.0. The molecule has 0 unspecified atom stereocenters. The maximum absolute atomic E-state index is 13.4. The third kappa shape index (κ3) is 3.36. The monoisotopic (exact) mass is 362 g/mol. The molecule has 2 aliphatic heterocycles. The topological polar surface area (TPSA) is 40.6 Å². The van der Waals surface area contributed by atoms with Crippen LogP contribution in [-0.4, -0.2) is 46.8 Å². The van der Waals surface area contributed by atoms with Gasteiger partial charge < -0.3 is 9.80 Å². The predicted octanol–water partition coefficient (Wildman–Crippen LogP) is 3.70. The highest BCUT2D eigenvalue weighted by Gasteiger charge is 2.48. The largest absolute Gasteiger partial charge is 0.337 e. The molecule has 27 heavy (non-hydrogen) atoms. The van der Waals surface area contributed by atoms with E-state index in [4.69, 9.17) is 0 Å². The number of carbonyl (C=O) groups is 2. The number of nitrogens with zero attached hydrogens (tertiary/aromatic N) is 2. The molecule has 0 aromatic heterocycles. The fraction of sp³-hybridized carbons (Fsp3) is 0.391. The van der Waals surface area contributed by atoms with Gasteiger partial charge in [-0.25, -0.2) is 0 Å². The van der Waals surface area contributed by atoms with Crippen molar-refractivity contribution in [1.82, 2.24) is 9.80 Å². The summed E-state index contributed by atoms with van der Waals surface area (Å²) in [5.41, 5.74) is 1.94. The van der Waals surface area contributed by atoms with Crippen LogP contribution in [-0.2, 0) is 4.79 Å². The maximum Gasteiger partial charge on any atom is 0.254 e.